The summed E-state index contributed by atoms with van der Waals surface area (Å²) in [6.45, 7) is 0. The molecule has 0 unspecified atom stereocenters. The molecule has 0 saturated heterocycles. The van der Waals surface area contributed by atoms with E-state index in [0.29, 0.717) is 0 Å². The molecule has 0 fully saturated rings. The van der Waals surface area contributed by atoms with Crippen LogP contribution < -0.4 is 5.73 Å². The topological polar surface area (TPSA) is 83.6 Å². The van der Waals surface area contributed by atoms with Gasteiger partial charge in [-0.1, -0.05) is 12.1 Å². The molecule has 0 bridgehead atoms. The Hall–Kier alpha value is -1.31. The standard InChI is InChI=1S/C10H10F3NO3.ClH/c11-10(12,13)8(15)7(14)5-1-3-6(4-2-5)9(16)17;/h1-4,7-8,15H,14H2,(H,16,17);1H/t7-,8-;/m1./s1. The predicted octanol–water partition coefficient (Wildman–Crippen LogP) is 1.73. The fourth-order valence-corrected chi connectivity index (χ4v) is 1.23. The number of hydrogen-bond acceptors (Lipinski definition) is 3. The van der Waals surface area contributed by atoms with Gasteiger partial charge in [0, 0.05) is 0 Å². The van der Waals surface area contributed by atoms with Crippen LogP contribution in [-0.4, -0.2) is 28.5 Å². The average Bonchev–Trinajstić information content (AvgIpc) is 2.26. The maximum absolute atomic E-state index is 12.2. The minimum Gasteiger partial charge on any atom is -0.478 e. The number of carboxylic acids is 1. The average molecular weight is 286 g/mol. The molecule has 0 saturated carbocycles. The second-order valence-corrected chi connectivity index (χ2v) is 3.44. The number of aliphatic hydroxyl groups excluding tert-OH is 1. The normalized spacial score (nSPS) is 14.5. The number of alkyl halides is 3. The number of halogens is 4. The molecule has 102 valence electrons. The summed E-state index contributed by atoms with van der Waals surface area (Å²) in [6.07, 6.45) is -7.50. The zero-order chi connectivity index (χ0) is 13.2. The zero-order valence-electron chi connectivity index (χ0n) is 8.89. The van der Waals surface area contributed by atoms with Crippen LogP contribution in [0.25, 0.3) is 0 Å². The van der Waals surface area contributed by atoms with E-state index < -0.39 is 24.3 Å². The van der Waals surface area contributed by atoms with Crippen LogP contribution in [-0.2, 0) is 0 Å². The third kappa shape index (κ3) is 3.86. The molecule has 4 nitrogen and oxygen atoms in total. The molecule has 1 aromatic rings. The lowest BCUT2D eigenvalue weighted by atomic mass is 10.0. The highest BCUT2D eigenvalue weighted by Gasteiger charge is 2.42. The van der Waals surface area contributed by atoms with Crippen molar-refractivity contribution in [2.45, 2.75) is 18.3 Å². The SMILES string of the molecule is Cl.N[C@H](c1ccc(C(=O)O)cc1)[C@@H](O)C(F)(F)F. The zero-order valence-corrected chi connectivity index (χ0v) is 9.70. The number of carboxylic acid groups (broad SMARTS) is 1. The molecule has 8 heteroatoms. The molecule has 0 aromatic heterocycles. The third-order valence-electron chi connectivity index (χ3n) is 2.22. The van der Waals surface area contributed by atoms with Crippen LogP contribution in [0.15, 0.2) is 24.3 Å². The largest absolute Gasteiger partial charge is 0.478 e. The first-order valence-electron chi connectivity index (χ1n) is 4.57. The van der Waals surface area contributed by atoms with Crippen molar-refractivity contribution in [3.05, 3.63) is 35.4 Å². The second-order valence-electron chi connectivity index (χ2n) is 3.44. The van der Waals surface area contributed by atoms with Gasteiger partial charge in [0.2, 0.25) is 0 Å². The number of benzene rings is 1. The maximum atomic E-state index is 12.2. The van der Waals surface area contributed by atoms with Crippen molar-refractivity contribution in [3.8, 4) is 0 Å². The van der Waals surface area contributed by atoms with Crippen molar-refractivity contribution in [1.29, 1.82) is 0 Å². The molecule has 0 spiro atoms. The van der Waals surface area contributed by atoms with Gasteiger partial charge in [-0.25, -0.2) is 4.79 Å². The summed E-state index contributed by atoms with van der Waals surface area (Å²) in [5.74, 6) is -1.19. The molecule has 0 amide bonds. The fourth-order valence-electron chi connectivity index (χ4n) is 1.23. The van der Waals surface area contributed by atoms with Gasteiger partial charge in [0.1, 0.15) is 0 Å². The van der Waals surface area contributed by atoms with Gasteiger partial charge in [0.05, 0.1) is 11.6 Å². The Labute approximate surface area is 107 Å². The molecule has 4 N–H and O–H groups in total. The summed E-state index contributed by atoms with van der Waals surface area (Å²) >= 11 is 0. The molecular formula is C10H11ClF3NO3. The Bertz CT molecular complexity index is 408. The summed E-state index contributed by atoms with van der Waals surface area (Å²) < 4.78 is 36.5. The highest BCUT2D eigenvalue weighted by molar-refractivity contribution is 5.87. The van der Waals surface area contributed by atoms with E-state index in [0.717, 1.165) is 24.3 Å². The van der Waals surface area contributed by atoms with Crippen molar-refractivity contribution < 1.29 is 28.2 Å². The van der Waals surface area contributed by atoms with E-state index in [1.807, 2.05) is 0 Å². The smallest absolute Gasteiger partial charge is 0.416 e. The molecular weight excluding hydrogens is 275 g/mol. The molecule has 0 aliphatic heterocycles. The maximum Gasteiger partial charge on any atom is 0.416 e. The highest BCUT2D eigenvalue weighted by Crippen LogP contribution is 2.28. The molecule has 1 rings (SSSR count). The van der Waals surface area contributed by atoms with Crippen LogP contribution in [0.4, 0.5) is 13.2 Å². The minimum absolute atomic E-state index is 0. The van der Waals surface area contributed by atoms with Crippen LogP contribution >= 0.6 is 12.4 Å². The van der Waals surface area contributed by atoms with Gasteiger partial charge < -0.3 is 15.9 Å². The Kier molecular flexibility index (Phi) is 5.59. The molecule has 0 heterocycles. The Balaban J connectivity index is 0.00000289. The molecule has 1 aromatic carbocycles. The van der Waals surface area contributed by atoms with Crippen LogP contribution in [0.5, 0.6) is 0 Å². The van der Waals surface area contributed by atoms with Crippen LogP contribution in [0.3, 0.4) is 0 Å². The van der Waals surface area contributed by atoms with Crippen LogP contribution in [0.2, 0.25) is 0 Å². The van der Waals surface area contributed by atoms with Gasteiger partial charge in [0.25, 0.3) is 0 Å². The van der Waals surface area contributed by atoms with E-state index in [-0.39, 0.29) is 23.5 Å². The number of aliphatic hydroxyl groups is 1. The summed E-state index contributed by atoms with van der Waals surface area (Å²) in [7, 11) is 0. The lowest BCUT2D eigenvalue weighted by Gasteiger charge is -2.21. The Morgan fingerprint density at radius 1 is 1.22 bits per heavy atom. The monoisotopic (exact) mass is 285 g/mol. The summed E-state index contributed by atoms with van der Waals surface area (Å²) in [5, 5.41) is 17.5. The van der Waals surface area contributed by atoms with E-state index in [4.69, 9.17) is 15.9 Å². The van der Waals surface area contributed by atoms with Crippen molar-refractivity contribution in [1.82, 2.24) is 0 Å². The number of rotatable bonds is 3. The van der Waals surface area contributed by atoms with Gasteiger partial charge in [0.15, 0.2) is 6.10 Å². The molecule has 0 radical (unpaired) electrons. The second kappa shape index (κ2) is 6.03. The predicted molar refractivity (Wildman–Crippen MR) is 59.6 cm³/mol. The van der Waals surface area contributed by atoms with Crippen molar-refractivity contribution in [2.24, 2.45) is 5.73 Å². The van der Waals surface area contributed by atoms with Crippen LogP contribution in [0.1, 0.15) is 22.0 Å². The molecule has 0 aliphatic rings. The lowest BCUT2D eigenvalue weighted by Crippen LogP contribution is -2.38. The molecule has 0 aliphatic carbocycles. The van der Waals surface area contributed by atoms with Gasteiger partial charge >= 0.3 is 12.1 Å². The number of aromatic carboxylic acids is 1. The fraction of sp³-hybridized carbons (Fsp3) is 0.300. The molecule has 2 atom stereocenters. The van der Waals surface area contributed by atoms with E-state index in [1.165, 1.54) is 0 Å². The summed E-state index contributed by atoms with van der Waals surface area (Å²) in [5.41, 5.74) is 5.18. The van der Waals surface area contributed by atoms with E-state index in [2.05, 4.69) is 0 Å². The van der Waals surface area contributed by atoms with Gasteiger partial charge in [-0.2, -0.15) is 13.2 Å². The van der Waals surface area contributed by atoms with Gasteiger partial charge in [-0.05, 0) is 17.7 Å². The van der Waals surface area contributed by atoms with Crippen molar-refractivity contribution in [3.63, 3.8) is 0 Å². The van der Waals surface area contributed by atoms with E-state index in [9.17, 15) is 18.0 Å². The lowest BCUT2D eigenvalue weighted by molar-refractivity contribution is -0.210. The molecule has 18 heavy (non-hydrogen) atoms. The van der Waals surface area contributed by atoms with Crippen molar-refractivity contribution >= 4 is 18.4 Å². The number of hydrogen-bond donors (Lipinski definition) is 3. The first kappa shape index (κ1) is 16.7. The Morgan fingerprint density at radius 2 is 1.67 bits per heavy atom. The summed E-state index contributed by atoms with van der Waals surface area (Å²) in [6, 6.07) is 2.89. The van der Waals surface area contributed by atoms with E-state index in [1.54, 1.807) is 0 Å². The quantitative estimate of drug-likeness (QED) is 0.790. The Morgan fingerprint density at radius 3 is 2.00 bits per heavy atom. The van der Waals surface area contributed by atoms with Crippen LogP contribution in [0, 0.1) is 0 Å². The first-order chi connectivity index (χ1) is 7.73. The minimum atomic E-state index is -4.81. The highest BCUT2D eigenvalue weighted by atomic mass is 35.5. The van der Waals surface area contributed by atoms with Gasteiger partial charge in [-0.15, -0.1) is 12.4 Å². The summed E-state index contributed by atoms with van der Waals surface area (Å²) in [4.78, 5) is 10.5. The van der Waals surface area contributed by atoms with E-state index >= 15 is 0 Å². The third-order valence-corrected chi connectivity index (χ3v) is 2.22. The van der Waals surface area contributed by atoms with Crippen molar-refractivity contribution in [2.75, 3.05) is 0 Å². The van der Waals surface area contributed by atoms with Gasteiger partial charge in [-0.3, -0.25) is 0 Å². The number of nitrogens with two attached hydrogens (primary N) is 1. The first-order valence-corrected chi connectivity index (χ1v) is 4.57. The number of carbonyl (C=O) groups is 1.